The molecule has 0 unspecified atom stereocenters. The van der Waals surface area contributed by atoms with Crippen LogP contribution in [0.25, 0.3) is 11.4 Å². The summed E-state index contributed by atoms with van der Waals surface area (Å²) in [5.41, 5.74) is 1.89. The summed E-state index contributed by atoms with van der Waals surface area (Å²) in [6.07, 6.45) is 0.204. The lowest BCUT2D eigenvalue weighted by Crippen LogP contribution is -2.36. The summed E-state index contributed by atoms with van der Waals surface area (Å²) >= 11 is 3.41. The van der Waals surface area contributed by atoms with Crippen molar-refractivity contribution < 1.29 is 14.1 Å². The third kappa shape index (κ3) is 4.95. The van der Waals surface area contributed by atoms with Crippen molar-refractivity contribution >= 4 is 21.8 Å². The van der Waals surface area contributed by atoms with E-state index in [0.29, 0.717) is 11.7 Å². The summed E-state index contributed by atoms with van der Waals surface area (Å²) in [5.74, 6) is 1.28. The Morgan fingerprint density at radius 3 is 2.85 bits per heavy atom. The van der Waals surface area contributed by atoms with Crippen molar-refractivity contribution in [3.63, 3.8) is 0 Å². The molecule has 3 rings (SSSR count). The number of benzene rings is 2. The Morgan fingerprint density at radius 1 is 1.26 bits per heavy atom. The second-order valence-electron chi connectivity index (χ2n) is 5.96. The lowest BCUT2D eigenvalue weighted by Gasteiger charge is -2.16. The molecule has 1 amide bonds. The van der Waals surface area contributed by atoms with Crippen LogP contribution in [-0.4, -0.2) is 22.2 Å². The van der Waals surface area contributed by atoms with E-state index < -0.39 is 6.10 Å². The van der Waals surface area contributed by atoms with Crippen LogP contribution in [0.5, 0.6) is 5.75 Å². The van der Waals surface area contributed by atoms with Crippen molar-refractivity contribution in [1.29, 1.82) is 0 Å². The summed E-state index contributed by atoms with van der Waals surface area (Å²) in [6, 6.07) is 15.3. The van der Waals surface area contributed by atoms with Crippen LogP contribution in [0.4, 0.5) is 0 Å². The van der Waals surface area contributed by atoms with Gasteiger partial charge in [-0.1, -0.05) is 58.3 Å². The van der Waals surface area contributed by atoms with E-state index >= 15 is 0 Å². The second kappa shape index (κ2) is 8.81. The summed E-state index contributed by atoms with van der Waals surface area (Å²) in [7, 11) is 0. The molecule has 0 radical (unpaired) electrons. The maximum Gasteiger partial charge on any atom is 0.261 e. The molecular weight excluding hydrogens is 410 g/mol. The number of carbonyl (C=O) groups excluding carboxylic acids is 1. The van der Waals surface area contributed by atoms with Crippen LogP contribution in [0.3, 0.4) is 0 Å². The van der Waals surface area contributed by atoms with Gasteiger partial charge >= 0.3 is 0 Å². The van der Waals surface area contributed by atoms with E-state index in [0.717, 1.165) is 27.8 Å². The van der Waals surface area contributed by atoms with Crippen molar-refractivity contribution in [3.8, 4) is 17.1 Å². The average Bonchev–Trinajstić information content (AvgIpc) is 3.15. The van der Waals surface area contributed by atoms with Gasteiger partial charge in [0.1, 0.15) is 5.75 Å². The molecule has 2 aromatic carbocycles. The SMILES string of the molecule is CCc1ccccc1O[C@H](C)C(=O)NCc1nc(-c2cccc(Br)c2)no1. The van der Waals surface area contributed by atoms with Gasteiger partial charge < -0.3 is 14.6 Å². The molecule has 0 aliphatic heterocycles. The summed E-state index contributed by atoms with van der Waals surface area (Å²) in [5, 5.41) is 6.71. The minimum absolute atomic E-state index is 0.142. The van der Waals surface area contributed by atoms with Crippen LogP contribution in [-0.2, 0) is 17.8 Å². The van der Waals surface area contributed by atoms with Gasteiger partial charge in [-0.3, -0.25) is 4.79 Å². The van der Waals surface area contributed by atoms with Gasteiger partial charge in [0.05, 0.1) is 6.54 Å². The number of amides is 1. The van der Waals surface area contributed by atoms with Gasteiger partial charge in [-0.15, -0.1) is 0 Å². The van der Waals surface area contributed by atoms with Crippen LogP contribution >= 0.6 is 15.9 Å². The Bertz CT molecular complexity index is 926. The van der Waals surface area contributed by atoms with E-state index in [2.05, 4.69) is 31.4 Å². The van der Waals surface area contributed by atoms with E-state index in [1.165, 1.54) is 0 Å². The number of aromatic nitrogens is 2. The van der Waals surface area contributed by atoms with E-state index in [4.69, 9.17) is 9.26 Å². The summed E-state index contributed by atoms with van der Waals surface area (Å²) in [6.45, 7) is 3.90. The smallest absolute Gasteiger partial charge is 0.261 e. The highest BCUT2D eigenvalue weighted by molar-refractivity contribution is 9.10. The number of aryl methyl sites for hydroxylation is 1. The molecule has 7 heteroatoms. The fraction of sp³-hybridized carbons (Fsp3) is 0.250. The van der Waals surface area contributed by atoms with Crippen LogP contribution in [0.15, 0.2) is 57.5 Å². The molecule has 1 atom stereocenters. The normalized spacial score (nSPS) is 11.8. The number of para-hydroxylation sites is 1. The van der Waals surface area contributed by atoms with Crippen LogP contribution in [0, 0.1) is 0 Å². The predicted molar refractivity (Wildman–Crippen MR) is 105 cm³/mol. The lowest BCUT2D eigenvalue weighted by atomic mass is 10.1. The van der Waals surface area contributed by atoms with Crippen molar-refractivity contribution in [1.82, 2.24) is 15.5 Å². The second-order valence-corrected chi connectivity index (χ2v) is 6.88. The van der Waals surface area contributed by atoms with Crippen LogP contribution in [0.2, 0.25) is 0 Å². The molecule has 0 aliphatic rings. The highest BCUT2D eigenvalue weighted by atomic mass is 79.9. The highest BCUT2D eigenvalue weighted by Crippen LogP contribution is 2.21. The molecule has 0 saturated carbocycles. The minimum atomic E-state index is -0.634. The molecule has 0 bridgehead atoms. The Kier molecular flexibility index (Phi) is 6.24. The van der Waals surface area contributed by atoms with Gasteiger partial charge in [0.25, 0.3) is 5.91 Å². The molecule has 6 nitrogen and oxygen atoms in total. The molecule has 0 spiro atoms. The number of hydrogen-bond acceptors (Lipinski definition) is 5. The zero-order valence-electron chi connectivity index (χ0n) is 15.1. The zero-order valence-corrected chi connectivity index (χ0v) is 16.7. The predicted octanol–water partition coefficient (Wildman–Crippen LogP) is 4.15. The van der Waals surface area contributed by atoms with Gasteiger partial charge in [-0.05, 0) is 37.1 Å². The topological polar surface area (TPSA) is 77.2 Å². The average molecular weight is 430 g/mol. The summed E-state index contributed by atoms with van der Waals surface area (Å²) in [4.78, 5) is 16.6. The quantitative estimate of drug-likeness (QED) is 0.610. The largest absolute Gasteiger partial charge is 0.481 e. The van der Waals surface area contributed by atoms with Crippen molar-refractivity contribution in [2.45, 2.75) is 32.9 Å². The van der Waals surface area contributed by atoms with E-state index in [1.807, 2.05) is 55.5 Å². The lowest BCUT2D eigenvalue weighted by molar-refractivity contribution is -0.127. The molecule has 3 aromatic rings. The minimum Gasteiger partial charge on any atom is -0.481 e. The maximum absolute atomic E-state index is 12.3. The van der Waals surface area contributed by atoms with Gasteiger partial charge in [0.15, 0.2) is 6.10 Å². The molecule has 1 aromatic heterocycles. The standard InChI is InChI=1S/C20H20BrN3O3/c1-3-14-7-4-5-10-17(14)26-13(2)20(25)22-12-18-23-19(24-27-18)15-8-6-9-16(21)11-15/h4-11,13H,3,12H2,1-2H3,(H,22,25)/t13-/m1/s1. The number of rotatable bonds is 7. The first-order valence-electron chi connectivity index (χ1n) is 8.67. The summed E-state index contributed by atoms with van der Waals surface area (Å²) < 4.78 is 11.9. The zero-order chi connectivity index (χ0) is 19.2. The van der Waals surface area contributed by atoms with Gasteiger partial charge in [0.2, 0.25) is 11.7 Å². The van der Waals surface area contributed by atoms with Gasteiger partial charge in [-0.2, -0.15) is 4.98 Å². The Hall–Kier alpha value is -2.67. The van der Waals surface area contributed by atoms with E-state index in [9.17, 15) is 4.79 Å². The van der Waals surface area contributed by atoms with Gasteiger partial charge in [-0.25, -0.2) is 0 Å². The van der Waals surface area contributed by atoms with E-state index in [1.54, 1.807) is 6.92 Å². The van der Waals surface area contributed by atoms with Gasteiger partial charge in [0, 0.05) is 10.0 Å². The van der Waals surface area contributed by atoms with Crippen LogP contribution < -0.4 is 10.1 Å². The fourth-order valence-electron chi connectivity index (χ4n) is 2.53. The molecule has 140 valence electrons. The van der Waals surface area contributed by atoms with Crippen molar-refractivity contribution in [2.24, 2.45) is 0 Å². The highest BCUT2D eigenvalue weighted by Gasteiger charge is 2.17. The number of halogens is 1. The molecule has 0 saturated heterocycles. The van der Waals surface area contributed by atoms with Crippen molar-refractivity contribution in [2.75, 3.05) is 0 Å². The third-order valence-electron chi connectivity index (χ3n) is 3.99. The monoisotopic (exact) mass is 429 g/mol. The van der Waals surface area contributed by atoms with Crippen LogP contribution in [0.1, 0.15) is 25.3 Å². The Morgan fingerprint density at radius 2 is 2.07 bits per heavy atom. The molecule has 0 fully saturated rings. The maximum atomic E-state index is 12.3. The number of ether oxygens (including phenoxy) is 1. The molecular formula is C20H20BrN3O3. The third-order valence-corrected chi connectivity index (χ3v) is 4.48. The number of nitrogens with zero attached hydrogens (tertiary/aromatic N) is 2. The number of carbonyl (C=O) groups is 1. The molecule has 1 heterocycles. The molecule has 1 N–H and O–H groups in total. The first-order chi connectivity index (χ1) is 13.1. The number of hydrogen-bond donors (Lipinski definition) is 1. The Labute approximate surface area is 166 Å². The Balaban J connectivity index is 1.57. The van der Waals surface area contributed by atoms with E-state index in [-0.39, 0.29) is 12.5 Å². The fourth-order valence-corrected chi connectivity index (χ4v) is 2.93. The van der Waals surface area contributed by atoms with Crippen molar-refractivity contribution in [3.05, 3.63) is 64.5 Å². The first kappa shape index (κ1) is 19.1. The molecule has 0 aliphatic carbocycles. The first-order valence-corrected chi connectivity index (χ1v) is 9.47. The number of nitrogens with one attached hydrogen (secondary N) is 1. The molecule has 27 heavy (non-hydrogen) atoms.